The van der Waals surface area contributed by atoms with Gasteiger partial charge in [-0.05, 0) is 102 Å². The van der Waals surface area contributed by atoms with Crippen molar-refractivity contribution in [2.75, 3.05) is 11.9 Å². The van der Waals surface area contributed by atoms with E-state index in [1.54, 1.807) is 0 Å². The van der Waals surface area contributed by atoms with Gasteiger partial charge in [0.25, 0.3) is 0 Å². The van der Waals surface area contributed by atoms with Gasteiger partial charge < -0.3 is 23.2 Å². The van der Waals surface area contributed by atoms with Crippen LogP contribution < -0.4 is 15.0 Å². The minimum absolute atomic E-state index is 0. The number of hydrogen-bond donors (Lipinski definition) is 0. The number of aryl methyl sites for hydroxylation is 2. The topological polar surface area (TPSA) is 53.0 Å². The van der Waals surface area contributed by atoms with Crippen molar-refractivity contribution in [1.82, 2.24) is 23.6 Å². The normalized spacial score (nSPS) is 12.5. The first-order chi connectivity index (χ1) is 31.6. The van der Waals surface area contributed by atoms with E-state index in [9.17, 15) is 0 Å². The number of fused-ring (bicyclic) bond motifs is 9. The second-order valence-corrected chi connectivity index (χ2v) is 18.4. The summed E-state index contributed by atoms with van der Waals surface area (Å²) in [6, 6.07) is 59.3. The zero-order valence-corrected chi connectivity index (χ0v) is 39.8. The smallest absolute Gasteiger partial charge is 0.503 e. The van der Waals surface area contributed by atoms with Crippen molar-refractivity contribution in [3.05, 3.63) is 193 Å². The van der Waals surface area contributed by atoms with Crippen molar-refractivity contribution >= 4 is 61.7 Å². The van der Waals surface area contributed by atoms with Crippen molar-refractivity contribution in [3.8, 4) is 45.5 Å². The van der Waals surface area contributed by atoms with Crippen LogP contribution in [0.3, 0.4) is 0 Å². The molecule has 0 saturated heterocycles. The molecule has 66 heavy (non-hydrogen) atoms. The van der Waals surface area contributed by atoms with Crippen molar-refractivity contribution < 1.29 is 25.8 Å². The van der Waals surface area contributed by atoms with E-state index in [1.165, 1.54) is 44.0 Å². The van der Waals surface area contributed by atoms with Gasteiger partial charge in [-0.1, -0.05) is 134 Å². The van der Waals surface area contributed by atoms with Crippen LogP contribution in [0, 0.1) is 26.0 Å². The molecule has 1 aliphatic heterocycles. The second kappa shape index (κ2) is 15.8. The monoisotopic (exact) mass is 1040 g/mol. The number of ether oxygens (including phenoxy) is 1. The maximum absolute atomic E-state index is 6.69. The number of hydrogen-bond acceptors (Lipinski definition) is 4. The predicted molar refractivity (Wildman–Crippen MR) is 268 cm³/mol. The molecule has 5 heterocycles. The molecule has 11 aromatic rings. The molecule has 0 fully saturated rings. The third kappa shape index (κ3) is 6.61. The number of imidazole rings is 1. The van der Waals surface area contributed by atoms with Crippen LogP contribution in [0.5, 0.6) is 11.5 Å². The third-order valence-electron chi connectivity index (χ3n) is 13.3. The Morgan fingerprint density at radius 1 is 0.591 bits per heavy atom. The predicted octanol–water partition coefficient (Wildman–Crippen LogP) is 12.8. The molecule has 0 spiro atoms. The molecule has 4 aromatic heterocycles. The van der Waals surface area contributed by atoms with Gasteiger partial charge in [-0.25, -0.2) is 4.98 Å². The van der Waals surface area contributed by atoms with Crippen molar-refractivity contribution in [2.45, 2.75) is 40.0 Å². The van der Waals surface area contributed by atoms with Gasteiger partial charge in [0.05, 0.1) is 11.0 Å². The Morgan fingerprint density at radius 3 is 2.02 bits per heavy atom. The van der Waals surface area contributed by atoms with Gasteiger partial charge in [-0.2, -0.15) is 6.07 Å². The summed E-state index contributed by atoms with van der Waals surface area (Å²) in [4.78, 5) is 12.1. The third-order valence-corrected chi connectivity index (χ3v) is 13.3. The fraction of sp³-hybridized carbons (Fsp3) is 0.123. The second-order valence-electron chi connectivity index (χ2n) is 18.4. The minimum Gasteiger partial charge on any atom is -0.503 e. The van der Waals surface area contributed by atoms with Gasteiger partial charge in [0.15, 0.2) is 0 Å². The van der Waals surface area contributed by atoms with Gasteiger partial charge in [0.2, 0.25) is 0 Å². The number of nitrogens with zero attached hydrogens (tertiary/aromatic N) is 6. The molecule has 0 aliphatic carbocycles. The summed E-state index contributed by atoms with van der Waals surface area (Å²) >= 11 is 0. The molecule has 322 valence electrons. The molecule has 9 heteroatoms. The Morgan fingerprint density at radius 2 is 1.26 bits per heavy atom. The molecule has 1 aliphatic rings. The van der Waals surface area contributed by atoms with Crippen LogP contribution in [-0.2, 0) is 26.5 Å². The first kappa shape index (κ1) is 41.6. The summed E-state index contributed by atoms with van der Waals surface area (Å²) in [5.74, 6) is 2.88. The maximum atomic E-state index is 6.69. The number of rotatable bonds is 6. The van der Waals surface area contributed by atoms with Crippen molar-refractivity contribution in [2.24, 2.45) is 0 Å². The fourth-order valence-corrected chi connectivity index (χ4v) is 10.1. The van der Waals surface area contributed by atoms with E-state index in [0.717, 1.165) is 61.5 Å². The van der Waals surface area contributed by atoms with E-state index >= 15 is 0 Å². The molecule has 0 saturated carbocycles. The summed E-state index contributed by atoms with van der Waals surface area (Å²) < 4.78 is 13.5. The van der Waals surface area contributed by atoms with E-state index in [1.807, 2.05) is 24.5 Å². The Balaban J connectivity index is 0.00000481. The summed E-state index contributed by atoms with van der Waals surface area (Å²) in [6.45, 7) is 11.0. The number of pyridine rings is 1. The Bertz CT molecular complexity index is 3670. The number of aromatic nitrogens is 5. The molecule has 7 aromatic carbocycles. The molecule has 7 nitrogen and oxygen atoms in total. The zero-order chi connectivity index (χ0) is 44.1. The molecule has 0 N–H and O–H groups in total. The minimum atomic E-state index is -0.0618. The van der Waals surface area contributed by atoms with Gasteiger partial charge in [-0.15, -0.1) is 23.6 Å². The standard InChI is InChI=1S/C57H45BN6O.Pt/c1-36-13-12-14-37(2)55(36)58-61(6)49-26-22-42(34-48(49)56-60-29-30-62(56)58)65-43-21-23-45-47-32-39(20-25-52(47)64(53(45)35-43)54-33-40(27-28-59-54)57(3,4)5)38-19-24-51-46(31-38)44-17-10-11-18-50(44)63(51)41-15-8-7-9-16-41;/h7-33H,1-6H3;/q-2;+2. The first-order valence-electron chi connectivity index (χ1n) is 22.2. The fourth-order valence-electron chi connectivity index (χ4n) is 10.1. The average Bonchev–Trinajstić information content (AvgIpc) is 4.02. The van der Waals surface area contributed by atoms with Crippen LogP contribution in [-0.4, -0.2) is 37.6 Å². The SMILES string of the molecule is Cc1cccc(C)c1B1N(C)c2ccc(Oc3[c-]c4c(cc3)c3cc(-c5ccc6c(c5)c5ccccc5n6-c5ccccc5)ccc3n4-c3cc(C(C)(C)C)ccn3)[c-]c2-c2nccn21.[Pt+2]. The molecule has 0 unspecified atom stereocenters. The number of benzene rings is 7. The summed E-state index contributed by atoms with van der Waals surface area (Å²) in [6.07, 6.45) is 5.85. The van der Waals surface area contributed by atoms with Crippen molar-refractivity contribution in [1.29, 1.82) is 0 Å². The quantitative estimate of drug-likeness (QED) is 0.123. The summed E-state index contributed by atoms with van der Waals surface area (Å²) in [5.41, 5.74) is 14.6. The Hall–Kier alpha value is -7.15. The van der Waals surface area contributed by atoms with E-state index in [-0.39, 0.29) is 33.5 Å². The Labute approximate surface area is 399 Å². The molecular weight excluding hydrogens is 991 g/mol. The summed E-state index contributed by atoms with van der Waals surface area (Å²) in [7, 11) is 2.14. The molecular formula is C57H45BN6OPt. The van der Waals surface area contributed by atoms with Crippen LogP contribution >= 0.6 is 0 Å². The van der Waals surface area contributed by atoms with Gasteiger partial charge in [-0.3, -0.25) is 4.98 Å². The number of para-hydroxylation sites is 2. The summed E-state index contributed by atoms with van der Waals surface area (Å²) in [5, 5.41) is 4.63. The van der Waals surface area contributed by atoms with E-state index in [0.29, 0.717) is 11.5 Å². The zero-order valence-electron chi connectivity index (χ0n) is 37.6. The Kier molecular flexibility index (Phi) is 9.94. The maximum Gasteiger partial charge on any atom is 2.00 e. The van der Waals surface area contributed by atoms with Crippen molar-refractivity contribution in [3.63, 3.8) is 0 Å². The molecule has 0 atom stereocenters. The molecule has 0 amide bonds. The number of anilines is 1. The molecule has 12 rings (SSSR count). The van der Waals surface area contributed by atoms with Crippen LogP contribution in [0.4, 0.5) is 5.69 Å². The van der Waals surface area contributed by atoms with Crippen LogP contribution in [0.2, 0.25) is 0 Å². The largest absolute Gasteiger partial charge is 2.00 e. The van der Waals surface area contributed by atoms with Gasteiger partial charge in [0, 0.05) is 57.9 Å². The van der Waals surface area contributed by atoms with Crippen LogP contribution in [0.1, 0.15) is 37.5 Å². The first-order valence-corrected chi connectivity index (χ1v) is 22.2. The van der Waals surface area contributed by atoms with Gasteiger partial charge >= 0.3 is 28.0 Å². The van der Waals surface area contributed by atoms with E-state index in [2.05, 4.69) is 212 Å². The van der Waals surface area contributed by atoms with E-state index < -0.39 is 0 Å². The average molecular weight is 1040 g/mol. The molecule has 0 radical (unpaired) electrons. The van der Waals surface area contributed by atoms with E-state index in [4.69, 9.17) is 14.7 Å². The van der Waals surface area contributed by atoms with Crippen LogP contribution in [0.15, 0.2) is 164 Å². The van der Waals surface area contributed by atoms with Crippen LogP contribution in [0.25, 0.3) is 77.6 Å². The molecule has 0 bridgehead atoms. The van der Waals surface area contributed by atoms with Gasteiger partial charge in [0.1, 0.15) is 5.82 Å².